The van der Waals surface area contributed by atoms with Crippen molar-refractivity contribution in [2.75, 3.05) is 19.6 Å². The van der Waals surface area contributed by atoms with Gasteiger partial charge in [-0.25, -0.2) is 0 Å². The molecule has 0 saturated carbocycles. The molecule has 4 heteroatoms. The summed E-state index contributed by atoms with van der Waals surface area (Å²) in [5.41, 5.74) is 1.18. The molecule has 1 saturated heterocycles. The highest BCUT2D eigenvalue weighted by Gasteiger charge is 2.16. The molecule has 1 aliphatic heterocycles. The predicted molar refractivity (Wildman–Crippen MR) is 71.4 cm³/mol. The van der Waals surface area contributed by atoms with Crippen LogP contribution in [0.4, 0.5) is 0 Å². The molecule has 2 heterocycles. The second kappa shape index (κ2) is 5.65. The van der Waals surface area contributed by atoms with Crippen molar-refractivity contribution in [3.63, 3.8) is 0 Å². The third-order valence-corrected chi connectivity index (χ3v) is 4.09. The van der Waals surface area contributed by atoms with Crippen molar-refractivity contribution in [3.8, 4) is 0 Å². The molecule has 0 bridgehead atoms. The monoisotopic (exact) mass is 246 g/mol. The largest absolute Gasteiger partial charge is 0.301 e. The molecule has 0 radical (unpaired) electrons. The first kappa shape index (κ1) is 11.9. The van der Waals surface area contributed by atoms with Gasteiger partial charge >= 0.3 is 0 Å². The van der Waals surface area contributed by atoms with E-state index in [1.165, 1.54) is 44.5 Å². The number of hydrogen-bond acceptors (Lipinski definition) is 3. The molecule has 4 nitrogen and oxygen atoms in total. The Kier molecular flexibility index (Phi) is 3.74. The maximum Gasteiger partial charge on any atom is 0.0861 e. The lowest BCUT2D eigenvalue weighted by molar-refractivity contribution is 0.314. The van der Waals surface area contributed by atoms with Crippen LogP contribution in [-0.4, -0.2) is 39.5 Å². The summed E-state index contributed by atoms with van der Waals surface area (Å²) in [6, 6.07) is 0. The summed E-state index contributed by atoms with van der Waals surface area (Å²) >= 11 is 0. The molecule has 0 aromatic carbocycles. The average molecular weight is 246 g/mol. The Morgan fingerprint density at radius 1 is 1.17 bits per heavy atom. The quantitative estimate of drug-likeness (QED) is 0.764. The van der Waals surface area contributed by atoms with E-state index in [4.69, 9.17) is 0 Å². The molecule has 18 heavy (non-hydrogen) atoms. The Morgan fingerprint density at radius 2 is 2.06 bits per heavy atom. The Hall–Kier alpha value is -1.16. The van der Waals surface area contributed by atoms with Gasteiger partial charge in [-0.15, -0.1) is 5.10 Å². The molecule has 0 N–H and O–H groups in total. The normalized spacial score (nSPS) is 24.8. The van der Waals surface area contributed by atoms with Crippen LogP contribution in [0.2, 0.25) is 0 Å². The highest BCUT2D eigenvalue weighted by Crippen LogP contribution is 2.27. The predicted octanol–water partition coefficient (Wildman–Crippen LogP) is 2.20. The first-order valence-corrected chi connectivity index (χ1v) is 7.19. The SMILES string of the molecule is C1=CCC(c2cn(CCN3CCCC3)nn2)CC1. The molecule has 3 rings (SSSR count). The zero-order chi connectivity index (χ0) is 12.2. The number of nitrogens with zero attached hydrogens (tertiary/aromatic N) is 4. The van der Waals surface area contributed by atoms with Gasteiger partial charge in [-0.05, 0) is 45.2 Å². The zero-order valence-corrected chi connectivity index (χ0v) is 11.0. The van der Waals surface area contributed by atoms with Crippen molar-refractivity contribution in [3.05, 3.63) is 24.0 Å². The van der Waals surface area contributed by atoms with Gasteiger partial charge in [0.1, 0.15) is 0 Å². The van der Waals surface area contributed by atoms with Crippen molar-refractivity contribution in [1.29, 1.82) is 0 Å². The van der Waals surface area contributed by atoms with E-state index in [9.17, 15) is 0 Å². The molecule has 1 aromatic rings. The molecule has 1 aromatic heterocycles. The number of hydrogen-bond donors (Lipinski definition) is 0. The third-order valence-electron chi connectivity index (χ3n) is 4.09. The molecule has 1 aliphatic carbocycles. The van der Waals surface area contributed by atoms with E-state index in [1.807, 2.05) is 4.68 Å². The second-order valence-corrected chi connectivity index (χ2v) is 5.44. The smallest absolute Gasteiger partial charge is 0.0861 e. The molecule has 1 unspecified atom stereocenters. The fourth-order valence-electron chi connectivity index (χ4n) is 2.92. The van der Waals surface area contributed by atoms with E-state index < -0.39 is 0 Å². The van der Waals surface area contributed by atoms with E-state index >= 15 is 0 Å². The Morgan fingerprint density at radius 3 is 2.83 bits per heavy atom. The summed E-state index contributed by atoms with van der Waals surface area (Å²) in [5, 5.41) is 8.61. The summed E-state index contributed by atoms with van der Waals surface area (Å²) in [6.45, 7) is 4.62. The van der Waals surface area contributed by atoms with Crippen LogP contribution in [0, 0.1) is 0 Å². The summed E-state index contributed by atoms with van der Waals surface area (Å²) in [7, 11) is 0. The maximum absolute atomic E-state index is 4.35. The topological polar surface area (TPSA) is 34.0 Å². The van der Waals surface area contributed by atoms with Gasteiger partial charge in [0.05, 0.1) is 12.2 Å². The number of aromatic nitrogens is 3. The van der Waals surface area contributed by atoms with Crippen LogP contribution in [-0.2, 0) is 6.54 Å². The van der Waals surface area contributed by atoms with Gasteiger partial charge in [-0.1, -0.05) is 17.4 Å². The van der Waals surface area contributed by atoms with E-state index in [0.29, 0.717) is 5.92 Å². The van der Waals surface area contributed by atoms with Gasteiger partial charge in [0.25, 0.3) is 0 Å². The summed E-state index contributed by atoms with van der Waals surface area (Å²) in [4.78, 5) is 2.52. The Balaban J connectivity index is 1.54. The maximum atomic E-state index is 4.35. The van der Waals surface area contributed by atoms with Crippen LogP contribution in [0.5, 0.6) is 0 Å². The van der Waals surface area contributed by atoms with Crippen LogP contribution in [0.15, 0.2) is 18.3 Å². The molecular formula is C14H22N4. The molecule has 0 amide bonds. The minimum Gasteiger partial charge on any atom is -0.301 e. The lowest BCUT2D eigenvalue weighted by Gasteiger charge is -2.14. The Bertz CT molecular complexity index is 404. The average Bonchev–Trinajstić information content (AvgIpc) is 3.09. The Labute approximate surface area is 109 Å². The van der Waals surface area contributed by atoms with Gasteiger partial charge in [0, 0.05) is 18.7 Å². The molecule has 2 aliphatic rings. The second-order valence-electron chi connectivity index (χ2n) is 5.44. The standard InChI is InChI=1S/C14H22N4/c1-2-6-13(7-3-1)14-12-18(16-15-14)11-10-17-8-4-5-9-17/h1-2,12-13H,3-11H2. The lowest BCUT2D eigenvalue weighted by atomic mass is 9.92. The van der Waals surface area contributed by atoms with Crippen molar-refractivity contribution in [2.45, 2.75) is 44.6 Å². The first-order chi connectivity index (χ1) is 8.92. The minimum atomic E-state index is 0.593. The summed E-state index contributed by atoms with van der Waals surface area (Å²) in [6.07, 6.45) is 13.0. The summed E-state index contributed by atoms with van der Waals surface area (Å²) in [5.74, 6) is 0.593. The fraction of sp³-hybridized carbons (Fsp3) is 0.714. The van der Waals surface area contributed by atoms with Crippen molar-refractivity contribution in [1.82, 2.24) is 19.9 Å². The molecule has 98 valence electrons. The minimum absolute atomic E-state index is 0.593. The van der Waals surface area contributed by atoms with E-state index in [-0.39, 0.29) is 0 Å². The van der Waals surface area contributed by atoms with E-state index in [1.54, 1.807) is 0 Å². The van der Waals surface area contributed by atoms with Crippen LogP contribution in [0.25, 0.3) is 0 Å². The fourth-order valence-corrected chi connectivity index (χ4v) is 2.92. The number of rotatable bonds is 4. The number of likely N-dealkylation sites (tertiary alicyclic amines) is 1. The molecule has 1 atom stereocenters. The van der Waals surface area contributed by atoms with Crippen LogP contribution in [0.1, 0.15) is 43.7 Å². The van der Waals surface area contributed by atoms with Crippen molar-refractivity contribution in [2.24, 2.45) is 0 Å². The molecular weight excluding hydrogens is 224 g/mol. The van der Waals surface area contributed by atoms with Gasteiger partial charge < -0.3 is 4.90 Å². The first-order valence-electron chi connectivity index (χ1n) is 7.19. The van der Waals surface area contributed by atoms with Gasteiger partial charge in [-0.2, -0.15) is 0 Å². The van der Waals surface area contributed by atoms with Crippen molar-refractivity contribution < 1.29 is 0 Å². The van der Waals surface area contributed by atoms with E-state index in [0.717, 1.165) is 19.5 Å². The highest BCUT2D eigenvalue weighted by molar-refractivity contribution is 5.08. The van der Waals surface area contributed by atoms with Gasteiger partial charge in [-0.3, -0.25) is 4.68 Å². The molecule has 0 spiro atoms. The van der Waals surface area contributed by atoms with Gasteiger partial charge in [0.2, 0.25) is 0 Å². The lowest BCUT2D eigenvalue weighted by Crippen LogP contribution is -2.24. The van der Waals surface area contributed by atoms with E-state index in [2.05, 4.69) is 33.6 Å². The molecule has 1 fully saturated rings. The summed E-state index contributed by atoms with van der Waals surface area (Å²) < 4.78 is 2.02. The van der Waals surface area contributed by atoms with Crippen LogP contribution < -0.4 is 0 Å². The van der Waals surface area contributed by atoms with Gasteiger partial charge in [0.15, 0.2) is 0 Å². The number of allylic oxidation sites excluding steroid dienone is 2. The van der Waals surface area contributed by atoms with Crippen LogP contribution in [0.3, 0.4) is 0 Å². The zero-order valence-electron chi connectivity index (χ0n) is 11.0. The van der Waals surface area contributed by atoms with Crippen molar-refractivity contribution >= 4 is 0 Å². The third kappa shape index (κ3) is 2.80. The van der Waals surface area contributed by atoms with Crippen LogP contribution >= 0.6 is 0 Å². The highest BCUT2D eigenvalue weighted by atomic mass is 15.4.